The van der Waals surface area contributed by atoms with Crippen LogP contribution in [0.4, 0.5) is 5.69 Å². The summed E-state index contributed by atoms with van der Waals surface area (Å²) in [6, 6.07) is 6.11. The Morgan fingerprint density at radius 3 is 2.71 bits per heavy atom. The van der Waals surface area contributed by atoms with Gasteiger partial charge in [-0.25, -0.2) is 0 Å². The van der Waals surface area contributed by atoms with Gasteiger partial charge in [0.25, 0.3) is 0 Å². The second-order valence-electron chi connectivity index (χ2n) is 3.52. The smallest absolute Gasteiger partial charge is 0.0461 e. The van der Waals surface area contributed by atoms with E-state index in [1.165, 1.54) is 11.8 Å². The van der Waals surface area contributed by atoms with Crippen molar-refractivity contribution >= 4 is 11.9 Å². The van der Waals surface area contributed by atoms with Crippen LogP contribution in [0.25, 0.3) is 0 Å². The van der Waals surface area contributed by atoms with Gasteiger partial charge in [-0.05, 0) is 17.9 Å². The van der Waals surface area contributed by atoms with E-state index in [9.17, 15) is 0 Å². The Labute approximate surface area is 85.9 Å². The summed E-state index contributed by atoms with van der Waals surface area (Å²) in [7, 11) is 1.91. The van der Waals surface area contributed by atoms with Crippen LogP contribution in [0, 0.1) is 5.41 Å². The molecule has 1 rings (SSSR count). The Morgan fingerprint density at radius 2 is 2.21 bits per heavy atom. The van der Waals surface area contributed by atoms with Crippen molar-refractivity contribution in [1.29, 1.82) is 5.41 Å². The van der Waals surface area contributed by atoms with Crippen molar-refractivity contribution in [2.45, 2.75) is 26.2 Å². The molecular formula is C12H18N2. The molecule has 0 saturated heterocycles. The van der Waals surface area contributed by atoms with Crippen molar-refractivity contribution in [3.8, 4) is 0 Å². The van der Waals surface area contributed by atoms with Gasteiger partial charge in [0.15, 0.2) is 0 Å². The highest BCUT2D eigenvalue weighted by Crippen LogP contribution is 2.28. The third-order valence-electron chi connectivity index (χ3n) is 2.68. The van der Waals surface area contributed by atoms with E-state index in [1.807, 2.05) is 19.2 Å². The number of benzene rings is 1. The summed E-state index contributed by atoms with van der Waals surface area (Å²) in [6.45, 7) is 4.39. The normalized spacial score (nSPS) is 12.2. The highest BCUT2D eigenvalue weighted by atomic mass is 14.8. The molecule has 0 radical (unpaired) electrons. The Kier molecular flexibility index (Phi) is 3.69. The van der Waals surface area contributed by atoms with Crippen molar-refractivity contribution in [2.24, 2.45) is 0 Å². The summed E-state index contributed by atoms with van der Waals surface area (Å²) in [5.74, 6) is 0.539. The number of anilines is 1. The minimum Gasteiger partial charge on any atom is -0.387 e. The van der Waals surface area contributed by atoms with E-state index >= 15 is 0 Å². The molecule has 0 aliphatic rings. The molecule has 0 aromatic heterocycles. The third kappa shape index (κ3) is 1.95. The van der Waals surface area contributed by atoms with Crippen LogP contribution in [0.1, 0.15) is 37.3 Å². The van der Waals surface area contributed by atoms with Gasteiger partial charge in [0.1, 0.15) is 0 Å². The molecule has 0 aliphatic heterocycles. The molecule has 0 fully saturated rings. The zero-order chi connectivity index (χ0) is 10.6. The lowest BCUT2D eigenvalue weighted by atomic mass is 9.94. The van der Waals surface area contributed by atoms with E-state index in [1.54, 1.807) is 0 Å². The molecule has 0 saturated carbocycles. The largest absolute Gasteiger partial charge is 0.387 e. The van der Waals surface area contributed by atoms with Crippen LogP contribution in [0.2, 0.25) is 0 Å². The summed E-state index contributed by atoms with van der Waals surface area (Å²) < 4.78 is 0. The summed E-state index contributed by atoms with van der Waals surface area (Å²) >= 11 is 0. The van der Waals surface area contributed by atoms with E-state index in [0.29, 0.717) is 5.92 Å². The predicted octanol–water partition coefficient (Wildman–Crippen LogP) is 3.24. The van der Waals surface area contributed by atoms with Gasteiger partial charge >= 0.3 is 0 Å². The van der Waals surface area contributed by atoms with E-state index < -0.39 is 0 Å². The van der Waals surface area contributed by atoms with E-state index in [0.717, 1.165) is 17.7 Å². The molecule has 0 amide bonds. The molecule has 14 heavy (non-hydrogen) atoms. The molecule has 1 atom stereocenters. The van der Waals surface area contributed by atoms with Crippen LogP contribution in [0.15, 0.2) is 18.2 Å². The minimum absolute atomic E-state index is 0.539. The number of rotatable bonds is 4. The van der Waals surface area contributed by atoms with Crippen molar-refractivity contribution < 1.29 is 0 Å². The molecule has 0 aliphatic carbocycles. The lowest BCUT2D eigenvalue weighted by Gasteiger charge is -2.16. The standard InChI is InChI=1S/C12H18N2/c1-4-9(2)11-7-5-6-10(8-13)12(11)14-3/h5-9,13-14H,4H2,1-3H3. The van der Waals surface area contributed by atoms with Crippen LogP contribution >= 0.6 is 0 Å². The summed E-state index contributed by atoms with van der Waals surface area (Å²) in [4.78, 5) is 0. The van der Waals surface area contributed by atoms with Crippen LogP contribution in [0.5, 0.6) is 0 Å². The zero-order valence-corrected chi connectivity index (χ0v) is 9.09. The minimum atomic E-state index is 0.539. The van der Waals surface area contributed by atoms with Gasteiger partial charge in [-0.2, -0.15) is 0 Å². The fraction of sp³-hybridized carbons (Fsp3) is 0.417. The molecule has 2 N–H and O–H groups in total. The molecule has 1 unspecified atom stereocenters. The predicted molar refractivity (Wildman–Crippen MR) is 62.6 cm³/mol. The van der Waals surface area contributed by atoms with Gasteiger partial charge in [0.05, 0.1) is 0 Å². The molecule has 1 aromatic carbocycles. The lowest BCUT2D eigenvalue weighted by molar-refractivity contribution is 0.735. The first kappa shape index (κ1) is 10.8. The molecule has 2 heteroatoms. The van der Waals surface area contributed by atoms with Gasteiger partial charge < -0.3 is 10.7 Å². The van der Waals surface area contributed by atoms with Crippen molar-refractivity contribution in [1.82, 2.24) is 0 Å². The van der Waals surface area contributed by atoms with Crippen LogP contribution in [-0.2, 0) is 0 Å². The Bertz CT molecular complexity index is 318. The van der Waals surface area contributed by atoms with Crippen LogP contribution in [0.3, 0.4) is 0 Å². The van der Waals surface area contributed by atoms with Crippen molar-refractivity contribution in [2.75, 3.05) is 12.4 Å². The summed E-state index contributed by atoms with van der Waals surface area (Å²) in [6.07, 6.45) is 2.52. The van der Waals surface area contributed by atoms with Gasteiger partial charge in [-0.15, -0.1) is 0 Å². The molecule has 0 spiro atoms. The van der Waals surface area contributed by atoms with Gasteiger partial charge in [-0.1, -0.05) is 32.0 Å². The molecule has 0 heterocycles. The highest BCUT2D eigenvalue weighted by molar-refractivity contribution is 5.87. The van der Waals surface area contributed by atoms with E-state index in [2.05, 4.69) is 25.2 Å². The van der Waals surface area contributed by atoms with Crippen molar-refractivity contribution in [3.05, 3.63) is 29.3 Å². The van der Waals surface area contributed by atoms with Gasteiger partial charge in [0, 0.05) is 24.5 Å². The average Bonchev–Trinajstić information content (AvgIpc) is 2.26. The lowest BCUT2D eigenvalue weighted by Crippen LogP contribution is -2.02. The third-order valence-corrected chi connectivity index (χ3v) is 2.68. The number of para-hydroxylation sites is 1. The number of hydrogen-bond donors (Lipinski definition) is 2. The second kappa shape index (κ2) is 4.80. The molecule has 2 nitrogen and oxygen atoms in total. The maximum absolute atomic E-state index is 7.32. The van der Waals surface area contributed by atoms with E-state index in [4.69, 9.17) is 5.41 Å². The topological polar surface area (TPSA) is 35.9 Å². The van der Waals surface area contributed by atoms with Crippen molar-refractivity contribution in [3.63, 3.8) is 0 Å². The van der Waals surface area contributed by atoms with E-state index in [-0.39, 0.29) is 0 Å². The number of hydrogen-bond acceptors (Lipinski definition) is 2. The van der Waals surface area contributed by atoms with Crippen LogP contribution in [-0.4, -0.2) is 13.3 Å². The quantitative estimate of drug-likeness (QED) is 0.702. The monoisotopic (exact) mass is 190 g/mol. The fourth-order valence-electron chi connectivity index (χ4n) is 1.63. The highest BCUT2D eigenvalue weighted by Gasteiger charge is 2.10. The Morgan fingerprint density at radius 1 is 1.50 bits per heavy atom. The number of nitrogens with one attached hydrogen (secondary N) is 2. The first-order valence-corrected chi connectivity index (χ1v) is 5.05. The first-order valence-electron chi connectivity index (χ1n) is 5.05. The SMILES string of the molecule is CCC(C)c1cccc(C=N)c1NC. The average molecular weight is 190 g/mol. The van der Waals surface area contributed by atoms with Crippen LogP contribution < -0.4 is 5.32 Å². The molecule has 0 bridgehead atoms. The maximum Gasteiger partial charge on any atom is 0.0461 e. The maximum atomic E-state index is 7.32. The summed E-state index contributed by atoms with van der Waals surface area (Å²) in [5, 5.41) is 10.5. The molecule has 1 aromatic rings. The molecule has 76 valence electrons. The second-order valence-corrected chi connectivity index (χ2v) is 3.52. The summed E-state index contributed by atoms with van der Waals surface area (Å²) in [5.41, 5.74) is 3.36. The molecular weight excluding hydrogens is 172 g/mol. The zero-order valence-electron chi connectivity index (χ0n) is 9.09. The van der Waals surface area contributed by atoms with Gasteiger partial charge in [-0.3, -0.25) is 0 Å². The Hall–Kier alpha value is -1.31. The fourth-order valence-corrected chi connectivity index (χ4v) is 1.63. The Balaban J connectivity index is 3.21. The first-order chi connectivity index (χ1) is 6.74. The van der Waals surface area contributed by atoms with Gasteiger partial charge in [0.2, 0.25) is 0 Å².